The summed E-state index contributed by atoms with van der Waals surface area (Å²) in [7, 11) is 0. The van der Waals surface area contributed by atoms with E-state index in [-0.39, 0.29) is 5.41 Å². The van der Waals surface area contributed by atoms with Gasteiger partial charge in [0.25, 0.3) is 0 Å². The summed E-state index contributed by atoms with van der Waals surface area (Å²) in [6.07, 6.45) is 16.8. The van der Waals surface area contributed by atoms with Gasteiger partial charge in [-0.15, -0.1) is 0 Å². The molecule has 6 rings (SSSR count). The lowest BCUT2D eigenvalue weighted by atomic mass is 9.36. The summed E-state index contributed by atoms with van der Waals surface area (Å²) < 4.78 is 0. The molecule has 8 atom stereocenters. The number of carbonyl (C=O) groups is 1. The minimum Gasteiger partial charge on any atom is -0.478 e. The highest BCUT2D eigenvalue weighted by molar-refractivity contribution is 5.88. The number of aromatic carboxylic acids is 1. The van der Waals surface area contributed by atoms with Crippen molar-refractivity contribution < 1.29 is 9.90 Å². The minimum absolute atomic E-state index is 0.104. The zero-order valence-corrected chi connectivity index (χ0v) is 22.7. The van der Waals surface area contributed by atoms with Crippen molar-refractivity contribution in [2.45, 2.75) is 98.8 Å². The molecule has 4 saturated carbocycles. The summed E-state index contributed by atoms with van der Waals surface area (Å²) in [5.74, 6) is 3.58. The number of rotatable bonds is 2. The van der Waals surface area contributed by atoms with Crippen molar-refractivity contribution in [1.29, 1.82) is 0 Å². The number of carboxylic acid groups (broad SMARTS) is 1. The van der Waals surface area contributed by atoms with Gasteiger partial charge in [-0.05, 0) is 132 Å². The maximum Gasteiger partial charge on any atom is 0.335 e. The summed E-state index contributed by atoms with van der Waals surface area (Å²) in [5, 5.41) is 9.34. The third kappa shape index (κ3) is 3.23. The third-order valence-corrected chi connectivity index (χ3v) is 13.0. The van der Waals surface area contributed by atoms with Crippen LogP contribution in [-0.2, 0) is 0 Å². The van der Waals surface area contributed by atoms with E-state index in [1.54, 1.807) is 12.1 Å². The lowest BCUT2D eigenvalue weighted by molar-refractivity contribution is -0.176. The van der Waals surface area contributed by atoms with Crippen LogP contribution < -0.4 is 0 Å². The average molecular weight is 475 g/mol. The molecule has 0 heterocycles. The molecule has 2 nitrogen and oxygen atoms in total. The Bertz CT molecular complexity index is 1050. The molecule has 1 aromatic carbocycles. The molecule has 4 fully saturated rings. The van der Waals surface area contributed by atoms with Gasteiger partial charge < -0.3 is 5.11 Å². The number of benzene rings is 1. The molecule has 0 aliphatic heterocycles. The fraction of sp³-hybridized carbons (Fsp3) is 0.727. The highest BCUT2D eigenvalue weighted by Crippen LogP contribution is 2.73. The Morgan fingerprint density at radius 2 is 1.54 bits per heavy atom. The van der Waals surface area contributed by atoms with Gasteiger partial charge in [0.1, 0.15) is 0 Å². The highest BCUT2D eigenvalue weighted by Gasteiger charge is 2.64. The van der Waals surface area contributed by atoms with Crippen molar-refractivity contribution >= 4 is 11.5 Å². The fourth-order valence-corrected chi connectivity index (χ4v) is 11.4. The zero-order valence-electron chi connectivity index (χ0n) is 22.7. The first-order valence-electron chi connectivity index (χ1n) is 14.6. The summed E-state index contributed by atoms with van der Waals surface area (Å²) in [4.78, 5) is 11.4. The van der Waals surface area contributed by atoms with Crippen LogP contribution in [0.2, 0.25) is 0 Å². The van der Waals surface area contributed by atoms with Gasteiger partial charge in [-0.3, -0.25) is 0 Å². The molecule has 1 N–H and O–H groups in total. The molecule has 0 saturated heterocycles. The number of allylic oxidation sites excluding steroid dienone is 2. The van der Waals surface area contributed by atoms with E-state index >= 15 is 0 Å². The molecule has 0 spiro atoms. The summed E-state index contributed by atoms with van der Waals surface area (Å²) in [5.41, 5.74) is 4.65. The van der Waals surface area contributed by atoms with Crippen LogP contribution in [0.3, 0.4) is 0 Å². The van der Waals surface area contributed by atoms with E-state index in [2.05, 4.69) is 40.7 Å². The highest BCUT2D eigenvalue weighted by atomic mass is 16.4. The van der Waals surface area contributed by atoms with Crippen molar-refractivity contribution in [3.63, 3.8) is 0 Å². The largest absolute Gasteiger partial charge is 0.478 e. The predicted molar refractivity (Wildman–Crippen MR) is 143 cm³/mol. The Labute approximate surface area is 213 Å². The van der Waals surface area contributed by atoms with Crippen LogP contribution in [0.15, 0.2) is 30.3 Å². The molecule has 190 valence electrons. The number of carboxylic acids is 1. The van der Waals surface area contributed by atoms with Crippen molar-refractivity contribution in [3.8, 4) is 0 Å². The Morgan fingerprint density at radius 1 is 0.800 bits per heavy atom. The Morgan fingerprint density at radius 3 is 2.26 bits per heavy atom. The lowest BCUT2D eigenvalue weighted by Crippen LogP contribution is -2.60. The van der Waals surface area contributed by atoms with Gasteiger partial charge in [0.15, 0.2) is 0 Å². The van der Waals surface area contributed by atoms with Crippen molar-refractivity contribution in [1.82, 2.24) is 0 Å². The SMILES string of the molecule is CC1(C)C(c2ccc(C(=O)O)cc2)=CC[C@@]2(C)C1CC[C@@]1(C)C3CC[C@@]4(C)CCCC4[C@H]3CCC12. The minimum atomic E-state index is -0.844. The van der Waals surface area contributed by atoms with Gasteiger partial charge in [-0.25, -0.2) is 4.79 Å². The quantitative estimate of drug-likeness (QED) is 0.465. The van der Waals surface area contributed by atoms with Crippen LogP contribution in [0.4, 0.5) is 0 Å². The molecule has 1 aromatic rings. The molecular formula is C33H46O2. The van der Waals surface area contributed by atoms with Crippen LogP contribution in [-0.4, -0.2) is 11.1 Å². The second-order valence-electron chi connectivity index (χ2n) is 14.6. The predicted octanol–water partition coefficient (Wildman–Crippen LogP) is 8.86. The number of fused-ring (bicyclic) bond motifs is 7. The molecule has 0 amide bonds. The Hall–Kier alpha value is -1.57. The molecule has 4 unspecified atom stereocenters. The standard InChI is InChI=1S/C33H46O2/c1-30(2)24(21-8-10-22(11-9-21)29(34)35)15-19-33(5)27(30)16-20-32(4)26-14-18-31(3)17-6-7-25(31)23(26)12-13-28(32)33/h8-11,15,23,25-28H,6-7,12-14,16-20H2,1-5H3,(H,34,35)/t23-,25?,26?,27?,28?,31-,32+,33+/m1/s1. The number of hydrogen-bond donors (Lipinski definition) is 1. The van der Waals surface area contributed by atoms with Gasteiger partial charge in [-0.1, -0.05) is 59.2 Å². The Balaban J connectivity index is 1.33. The number of hydrogen-bond acceptors (Lipinski definition) is 1. The van der Waals surface area contributed by atoms with E-state index in [1.807, 2.05) is 12.1 Å². The van der Waals surface area contributed by atoms with Crippen molar-refractivity contribution in [2.24, 2.45) is 51.2 Å². The molecule has 0 radical (unpaired) electrons. The van der Waals surface area contributed by atoms with E-state index in [1.165, 1.54) is 75.3 Å². The first-order valence-corrected chi connectivity index (χ1v) is 14.6. The van der Waals surface area contributed by atoms with Crippen LogP contribution in [0.1, 0.15) is 115 Å². The van der Waals surface area contributed by atoms with Crippen molar-refractivity contribution in [3.05, 3.63) is 41.5 Å². The monoisotopic (exact) mass is 474 g/mol. The van der Waals surface area contributed by atoms with E-state index < -0.39 is 5.97 Å². The normalized spacial score (nSPS) is 46.0. The lowest BCUT2D eigenvalue weighted by Gasteiger charge is -2.68. The summed E-state index contributed by atoms with van der Waals surface area (Å²) in [6, 6.07) is 7.64. The maximum atomic E-state index is 11.4. The van der Waals surface area contributed by atoms with Crippen LogP contribution in [0.25, 0.3) is 5.57 Å². The van der Waals surface area contributed by atoms with Gasteiger partial charge in [-0.2, -0.15) is 0 Å². The average Bonchev–Trinajstić information content (AvgIpc) is 3.20. The maximum absolute atomic E-state index is 11.4. The first kappa shape index (κ1) is 23.8. The molecule has 5 aliphatic carbocycles. The Kier molecular flexibility index (Phi) is 5.25. The molecule has 35 heavy (non-hydrogen) atoms. The molecule has 0 bridgehead atoms. The zero-order chi connectivity index (χ0) is 24.8. The molecular weight excluding hydrogens is 428 g/mol. The van der Waals surface area contributed by atoms with Crippen LogP contribution in [0.5, 0.6) is 0 Å². The second-order valence-corrected chi connectivity index (χ2v) is 14.6. The molecule has 0 aromatic heterocycles. The molecule has 2 heteroatoms. The van der Waals surface area contributed by atoms with Crippen LogP contribution in [0, 0.1) is 51.2 Å². The fourth-order valence-electron chi connectivity index (χ4n) is 11.4. The van der Waals surface area contributed by atoms with Crippen LogP contribution >= 0.6 is 0 Å². The topological polar surface area (TPSA) is 37.3 Å². The summed E-state index contributed by atoms with van der Waals surface area (Å²) in [6.45, 7) is 13.0. The van der Waals surface area contributed by atoms with E-state index in [4.69, 9.17) is 0 Å². The first-order chi connectivity index (χ1) is 16.5. The third-order valence-electron chi connectivity index (χ3n) is 13.0. The van der Waals surface area contributed by atoms with E-state index in [9.17, 15) is 9.90 Å². The van der Waals surface area contributed by atoms with Gasteiger partial charge in [0.05, 0.1) is 5.56 Å². The van der Waals surface area contributed by atoms with Gasteiger partial charge in [0.2, 0.25) is 0 Å². The second kappa shape index (κ2) is 7.72. The smallest absolute Gasteiger partial charge is 0.335 e. The van der Waals surface area contributed by atoms with Gasteiger partial charge >= 0.3 is 5.97 Å². The summed E-state index contributed by atoms with van der Waals surface area (Å²) >= 11 is 0. The van der Waals surface area contributed by atoms with E-state index in [0.717, 1.165) is 23.7 Å². The van der Waals surface area contributed by atoms with E-state index in [0.29, 0.717) is 27.7 Å². The van der Waals surface area contributed by atoms with Crippen molar-refractivity contribution in [2.75, 3.05) is 0 Å². The van der Waals surface area contributed by atoms with Gasteiger partial charge in [0, 0.05) is 0 Å². The molecule has 5 aliphatic rings.